The molecule has 1 rings (SSSR count). The van der Waals surface area contributed by atoms with Crippen LogP contribution in [-0.2, 0) is 9.84 Å². The van der Waals surface area contributed by atoms with Crippen molar-refractivity contribution >= 4 is 9.84 Å². The van der Waals surface area contributed by atoms with E-state index in [-0.39, 0.29) is 11.8 Å². The van der Waals surface area contributed by atoms with E-state index in [1.54, 1.807) is 0 Å². The van der Waals surface area contributed by atoms with Crippen LogP contribution in [0.15, 0.2) is 24.3 Å². The summed E-state index contributed by atoms with van der Waals surface area (Å²) in [4.78, 5) is 0. The Bertz CT molecular complexity index is 437. The van der Waals surface area contributed by atoms with E-state index >= 15 is 0 Å². The van der Waals surface area contributed by atoms with Crippen LogP contribution in [0, 0.1) is 6.92 Å². The molecule has 0 heterocycles. The predicted molar refractivity (Wildman–Crippen MR) is 71.9 cm³/mol. The fourth-order valence-electron chi connectivity index (χ4n) is 1.63. The number of nitrogens with one attached hydrogen (secondary N) is 1. The smallest absolute Gasteiger partial charge is 0.147 e. The van der Waals surface area contributed by atoms with Crippen LogP contribution in [0.4, 0.5) is 0 Å². The van der Waals surface area contributed by atoms with Crippen LogP contribution >= 0.6 is 0 Å². The Labute approximate surface area is 104 Å². The molecule has 1 aromatic carbocycles. The molecule has 0 fully saturated rings. The van der Waals surface area contributed by atoms with Gasteiger partial charge in [0, 0.05) is 12.3 Å². The first kappa shape index (κ1) is 14.2. The average Bonchev–Trinajstić information content (AvgIpc) is 2.24. The van der Waals surface area contributed by atoms with Crippen molar-refractivity contribution in [3.8, 4) is 0 Å². The van der Waals surface area contributed by atoms with E-state index < -0.39 is 9.84 Å². The van der Waals surface area contributed by atoms with E-state index in [4.69, 9.17) is 0 Å². The molecule has 96 valence electrons. The fraction of sp³-hybridized carbons (Fsp3) is 0.538. The highest BCUT2D eigenvalue weighted by atomic mass is 32.2. The van der Waals surface area contributed by atoms with Gasteiger partial charge >= 0.3 is 0 Å². The van der Waals surface area contributed by atoms with Gasteiger partial charge in [0.1, 0.15) is 9.84 Å². The lowest BCUT2D eigenvalue weighted by atomic mass is 10.1. The Balaban J connectivity index is 2.35. The molecule has 1 aromatic rings. The van der Waals surface area contributed by atoms with Crippen molar-refractivity contribution in [1.29, 1.82) is 0 Å². The third kappa shape index (κ3) is 5.84. The van der Waals surface area contributed by atoms with Crippen molar-refractivity contribution in [3.05, 3.63) is 35.4 Å². The SMILES string of the molecule is Cc1ccc(C(C)NCCCS(C)(=O)=O)cc1. The largest absolute Gasteiger partial charge is 0.310 e. The molecule has 0 radical (unpaired) electrons. The summed E-state index contributed by atoms with van der Waals surface area (Å²) in [5, 5.41) is 3.33. The second-order valence-corrected chi connectivity index (χ2v) is 6.83. The normalized spacial score (nSPS) is 13.6. The van der Waals surface area contributed by atoms with Crippen LogP contribution in [0.1, 0.15) is 30.5 Å². The third-order valence-corrected chi connectivity index (χ3v) is 3.75. The van der Waals surface area contributed by atoms with Gasteiger partial charge in [-0.15, -0.1) is 0 Å². The van der Waals surface area contributed by atoms with Crippen molar-refractivity contribution in [2.45, 2.75) is 26.3 Å². The zero-order valence-electron chi connectivity index (χ0n) is 10.7. The van der Waals surface area contributed by atoms with E-state index in [2.05, 4.69) is 43.4 Å². The van der Waals surface area contributed by atoms with Gasteiger partial charge in [0.05, 0.1) is 5.75 Å². The maximum atomic E-state index is 11.0. The highest BCUT2D eigenvalue weighted by Crippen LogP contribution is 2.12. The van der Waals surface area contributed by atoms with Gasteiger partial charge in [0.25, 0.3) is 0 Å². The van der Waals surface area contributed by atoms with Crippen LogP contribution in [-0.4, -0.2) is 27.0 Å². The highest BCUT2D eigenvalue weighted by Gasteiger charge is 2.05. The molecular formula is C13H21NO2S. The first-order valence-corrected chi connectivity index (χ1v) is 7.92. The minimum atomic E-state index is -2.83. The number of rotatable bonds is 6. The lowest BCUT2D eigenvalue weighted by molar-refractivity contribution is 0.562. The van der Waals surface area contributed by atoms with E-state index in [1.165, 1.54) is 17.4 Å². The second-order valence-electron chi connectivity index (χ2n) is 4.57. The Kier molecular flexibility index (Phi) is 5.15. The molecule has 0 aliphatic carbocycles. The van der Waals surface area contributed by atoms with Crippen molar-refractivity contribution in [2.75, 3.05) is 18.6 Å². The quantitative estimate of drug-likeness (QED) is 0.792. The maximum absolute atomic E-state index is 11.0. The molecule has 0 saturated carbocycles. The van der Waals surface area contributed by atoms with Crippen LogP contribution in [0.2, 0.25) is 0 Å². The van der Waals surface area contributed by atoms with Gasteiger partial charge in [-0.2, -0.15) is 0 Å². The van der Waals surface area contributed by atoms with E-state index in [9.17, 15) is 8.42 Å². The number of sulfone groups is 1. The molecule has 17 heavy (non-hydrogen) atoms. The Hall–Kier alpha value is -0.870. The molecule has 0 aromatic heterocycles. The summed E-state index contributed by atoms with van der Waals surface area (Å²) >= 11 is 0. The summed E-state index contributed by atoms with van der Waals surface area (Å²) in [5.74, 6) is 0.251. The van der Waals surface area contributed by atoms with E-state index in [0.29, 0.717) is 6.42 Å². The Morgan fingerprint density at radius 1 is 1.24 bits per heavy atom. The van der Waals surface area contributed by atoms with Gasteiger partial charge in [0.15, 0.2) is 0 Å². The minimum Gasteiger partial charge on any atom is -0.310 e. The molecule has 1 atom stereocenters. The van der Waals surface area contributed by atoms with Gasteiger partial charge < -0.3 is 5.32 Å². The number of hydrogen-bond acceptors (Lipinski definition) is 3. The molecule has 1 N–H and O–H groups in total. The van der Waals surface area contributed by atoms with Crippen molar-refractivity contribution < 1.29 is 8.42 Å². The van der Waals surface area contributed by atoms with E-state index in [0.717, 1.165) is 6.54 Å². The predicted octanol–water partition coefficient (Wildman–Crippen LogP) is 2.08. The lowest BCUT2D eigenvalue weighted by Gasteiger charge is -2.14. The molecule has 0 saturated heterocycles. The molecule has 1 unspecified atom stereocenters. The Morgan fingerprint density at radius 3 is 2.35 bits per heavy atom. The number of hydrogen-bond donors (Lipinski definition) is 1. The number of benzene rings is 1. The van der Waals surface area contributed by atoms with Gasteiger partial charge in [-0.05, 0) is 32.4 Å². The van der Waals surface area contributed by atoms with Crippen molar-refractivity contribution in [3.63, 3.8) is 0 Å². The molecule has 3 nitrogen and oxygen atoms in total. The van der Waals surface area contributed by atoms with Gasteiger partial charge in [-0.3, -0.25) is 0 Å². The minimum absolute atomic E-state index is 0.251. The third-order valence-electron chi connectivity index (χ3n) is 2.72. The second kappa shape index (κ2) is 6.17. The highest BCUT2D eigenvalue weighted by molar-refractivity contribution is 7.90. The molecule has 0 aliphatic rings. The summed E-state index contributed by atoms with van der Waals surface area (Å²) in [5.41, 5.74) is 2.48. The molecule has 0 aliphatic heterocycles. The fourth-order valence-corrected chi connectivity index (χ4v) is 2.29. The zero-order valence-corrected chi connectivity index (χ0v) is 11.5. The van der Waals surface area contributed by atoms with Gasteiger partial charge in [-0.1, -0.05) is 29.8 Å². The zero-order chi connectivity index (χ0) is 12.9. The lowest BCUT2D eigenvalue weighted by Crippen LogP contribution is -2.21. The molecule has 0 amide bonds. The van der Waals surface area contributed by atoms with Crippen LogP contribution < -0.4 is 5.32 Å². The Morgan fingerprint density at radius 2 is 1.82 bits per heavy atom. The van der Waals surface area contributed by atoms with Crippen molar-refractivity contribution in [1.82, 2.24) is 5.32 Å². The van der Waals surface area contributed by atoms with Crippen LogP contribution in [0.25, 0.3) is 0 Å². The molecule has 4 heteroatoms. The van der Waals surface area contributed by atoms with Crippen LogP contribution in [0.5, 0.6) is 0 Å². The van der Waals surface area contributed by atoms with Crippen molar-refractivity contribution in [2.24, 2.45) is 0 Å². The van der Waals surface area contributed by atoms with E-state index in [1.807, 2.05) is 0 Å². The molecule has 0 spiro atoms. The maximum Gasteiger partial charge on any atom is 0.147 e. The summed E-state index contributed by atoms with van der Waals surface area (Å²) in [6.07, 6.45) is 1.94. The topological polar surface area (TPSA) is 46.2 Å². The summed E-state index contributed by atoms with van der Waals surface area (Å²) in [7, 11) is -2.83. The molecular weight excluding hydrogens is 234 g/mol. The average molecular weight is 255 g/mol. The first-order chi connectivity index (χ1) is 7.88. The summed E-state index contributed by atoms with van der Waals surface area (Å²) < 4.78 is 21.9. The van der Waals surface area contributed by atoms with Crippen LogP contribution in [0.3, 0.4) is 0 Å². The monoisotopic (exact) mass is 255 g/mol. The first-order valence-electron chi connectivity index (χ1n) is 5.86. The molecule has 0 bridgehead atoms. The summed E-state index contributed by atoms with van der Waals surface area (Å²) in [6.45, 7) is 4.88. The van der Waals surface area contributed by atoms with Gasteiger partial charge in [-0.25, -0.2) is 8.42 Å². The summed E-state index contributed by atoms with van der Waals surface area (Å²) in [6, 6.07) is 8.64. The standard InChI is InChI=1S/C13H21NO2S/c1-11-5-7-13(8-6-11)12(2)14-9-4-10-17(3,15)16/h5-8,12,14H,4,9-10H2,1-3H3. The van der Waals surface area contributed by atoms with Gasteiger partial charge in [0.2, 0.25) is 0 Å². The number of aryl methyl sites for hydroxylation is 1.